The van der Waals surface area contributed by atoms with E-state index in [-0.39, 0.29) is 24.9 Å². The van der Waals surface area contributed by atoms with Gasteiger partial charge < -0.3 is 21.1 Å². The Bertz CT molecular complexity index is 343. The summed E-state index contributed by atoms with van der Waals surface area (Å²) in [7, 11) is 0. The number of rotatable bonds is 8. The van der Waals surface area contributed by atoms with Crippen LogP contribution in [0.2, 0.25) is 0 Å². The molecule has 0 aromatic rings. The highest BCUT2D eigenvalue weighted by atomic mass is 16.4. The predicted octanol–water partition coefficient (Wildman–Crippen LogP) is 0.415. The quantitative estimate of drug-likeness (QED) is 0.518. The van der Waals surface area contributed by atoms with Gasteiger partial charge >= 0.3 is 12.0 Å². The Kier molecular flexibility index (Phi) is 8.35. The van der Waals surface area contributed by atoms with Gasteiger partial charge in [-0.05, 0) is 11.8 Å². The van der Waals surface area contributed by atoms with Crippen LogP contribution >= 0.6 is 0 Å². The Labute approximate surface area is 119 Å². The molecule has 0 radical (unpaired) electrons. The Hall–Kier alpha value is -1.79. The first kappa shape index (κ1) is 18.2. The standard InChI is InChI=1S/C13H25N3O4/c1-8(2)5-14-11(17)7-16-13(20)15-6-10(9(3)4)12(18)19/h8-10H,5-7H2,1-4H3,(H,14,17)(H,18,19)(H2,15,16,20). The lowest BCUT2D eigenvalue weighted by Gasteiger charge is -2.17. The van der Waals surface area contributed by atoms with Gasteiger partial charge in [-0.1, -0.05) is 27.7 Å². The third-order valence-electron chi connectivity index (χ3n) is 2.72. The number of nitrogens with one attached hydrogen (secondary N) is 3. The lowest BCUT2D eigenvalue weighted by molar-refractivity contribution is -0.143. The fourth-order valence-corrected chi connectivity index (χ4v) is 1.41. The molecule has 0 aliphatic heterocycles. The van der Waals surface area contributed by atoms with Crippen LogP contribution in [0.3, 0.4) is 0 Å². The van der Waals surface area contributed by atoms with Gasteiger partial charge in [0.25, 0.3) is 0 Å². The smallest absolute Gasteiger partial charge is 0.315 e. The molecule has 0 aromatic heterocycles. The van der Waals surface area contributed by atoms with Gasteiger partial charge in [0.2, 0.25) is 5.91 Å². The minimum absolute atomic E-state index is 0.0342. The van der Waals surface area contributed by atoms with E-state index in [2.05, 4.69) is 16.0 Å². The summed E-state index contributed by atoms with van der Waals surface area (Å²) in [4.78, 5) is 33.7. The van der Waals surface area contributed by atoms with Gasteiger partial charge in [-0.15, -0.1) is 0 Å². The molecule has 7 heteroatoms. The van der Waals surface area contributed by atoms with E-state index in [0.29, 0.717) is 12.5 Å². The summed E-state index contributed by atoms with van der Waals surface area (Å²) >= 11 is 0. The number of carboxylic acids is 1. The summed E-state index contributed by atoms with van der Waals surface area (Å²) in [5, 5.41) is 16.5. The maximum atomic E-state index is 11.4. The van der Waals surface area contributed by atoms with E-state index in [1.165, 1.54) is 0 Å². The van der Waals surface area contributed by atoms with Gasteiger partial charge in [0.1, 0.15) is 0 Å². The zero-order chi connectivity index (χ0) is 15.7. The molecule has 0 spiro atoms. The molecular weight excluding hydrogens is 262 g/mol. The molecule has 0 bridgehead atoms. The van der Waals surface area contributed by atoms with E-state index in [1.54, 1.807) is 13.8 Å². The zero-order valence-electron chi connectivity index (χ0n) is 12.5. The van der Waals surface area contributed by atoms with Crippen molar-refractivity contribution < 1.29 is 19.5 Å². The molecule has 0 aliphatic carbocycles. The predicted molar refractivity (Wildman–Crippen MR) is 75.2 cm³/mol. The molecule has 0 saturated heterocycles. The van der Waals surface area contributed by atoms with E-state index in [4.69, 9.17) is 5.11 Å². The van der Waals surface area contributed by atoms with Gasteiger partial charge in [-0.3, -0.25) is 9.59 Å². The van der Waals surface area contributed by atoms with Gasteiger partial charge in [0, 0.05) is 13.1 Å². The van der Waals surface area contributed by atoms with Gasteiger partial charge in [-0.25, -0.2) is 4.79 Å². The van der Waals surface area contributed by atoms with Crippen molar-refractivity contribution in [1.29, 1.82) is 0 Å². The molecule has 20 heavy (non-hydrogen) atoms. The Morgan fingerprint density at radius 1 is 0.950 bits per heavy atom. The second kappa shape index (κ2) is 9.17. The summed E-state index contributed by atoms with van der Waals surface area (Å²) in [6.07, 6.45) is 0. The topological polar surface area (TPSA) is 108 Å². The van der Waals surface area contributed by atoms with Crippen molar-refractivity contribution in [2.24, 2.45) is 17.8 Å². The van der Waals surface area contributed by atoms with Crippen molar-refractivity contribution in [1.82, 2.24) is 16.0 Å². The summed E-state index contributed by atoms with van der Waals surface area (Å²) < 4.78 is 0. The third-order valence-corrected chi connectivity index (χ3v) is 2.72. The van der Waals surface area contributed by atoms with Crippen LogP contribution in [0.4, 0.5) is 4.79 Å². The van der Waals surface area contributed by atoms with E-state index in [9.17, 15) is 14.4 Å². The Morgan fingerprint density at radius 2 is 1.55 bits per heavy atom. The van der Waals surface area contributed by atoms with Crippen LogP contribution in [0, 0.1) is 17.8 Å². The minimum atomic E-state index is -0.949. The number of carbonyl (C=O) groups is 3. The lowest BCUT2D eigenvalue weighted by Crippen LogP contribution is -2.45. The number of carboxylic acid groups (broad SMARTS) is 1. The molecule has 4 N–H and O–H groups in total. The van der Waals surface area contributed by atoms with Crippen LogP contribution in [-0.2, 0) is 9.59 Å². The number of hydrogen-bond donors (Lipinski definition) is 4. The largest absolute Gasteiger partial charge is 0.481 e. The first-order chi connectivity index (χ1) is 9.23. The van der Waals surface area contributed by atoms with Crippen molar-refractivity contribution in [3.63, 3.8) is 0 Å². The average molecular weight is 287 g/mol. The molecule has 0 aliphatic rings. The van der Waals surface area contributed by atoms with Crippen molar-refractivity contribution in [3.05, 3.63) is 0 Å². The highest BCUT2D eigenvalue weighted by Gasteiger charge is 2.21. The first-order valence-corrected chi connectivity index (χ1v) is 6.75. The normalized spacial score (nSPS) is 12.1. The van der Waals surface area contributed by atoms with Crippen LogP contribution in [0.1, 0.15) is 27.7 Å². The van der Waals surface area contributed by atoms with Crippen LogP contribution in [0.15, 0.2) is 0 Å². The highest BCUT2D eigenvalue weighted by molar-refractivity contribution is 5.84. The average Bonchev–Trinajstić information content (AvgIpc) is 2.33. The van der Waals surface area contributed by atoms with E-state index in [0.717, 1.165) is 0 Å². The number of aliphatic carboxylic acids is 1. The second-order valence-corrected chi connectivity index (χ2v) is 5.45. The van der Waals surface area contributed by atoms with Crippen LogP contribution in [0.25, 0.3) is 0 Å². The summed E-state index contributed by atoms with van der Waals surface area (Å²) in [6, 6.07) is -0.545. The van der Waals surface area contributed by atoms with Crippen LogP contribution < -0.4 is 16.0 Å². The minimum Gasteiger partial charge on any atom is -0.481 e. The third kappa shape index (κ3) is 8.34. The van der Waals surface area contributed by atoms with Crippen LogP contribution in [-0.4, -0.2) is 42.6 Å². The molecule has 3 amide bonds. The molecular formula is C13H25N3O4. The van der Waals surface area contributed by atoms with Crippen molar-refractivity contribution in [3.8, 4) is 0 Å². The van der Waals surface area contributed by atoms with Crippen LogP contribution in [0.5, 0.6) is 0 Å². The maximum absolute atomic E-state index is 11.4. The fourth-order valence-electron chi connectivity index (χ4n) is 1.41. The molecule has 116 valence electrons. The molecule has 0 aromatic carbocycles. The SMILES string of the molecule is CC(C)CNC(=O)CNC(=O)NCC(C(=O)O)C(C)C. The molecule has 0 saturated carbocycles. The zero-order valence-corrected chi connectivity index (χ0v) is 12.5. The van der Waals surface area contributed by atoms with E-state index in [1.807, 2.05) is 13.8 Å². The number of amides is 3. The van der Waals surface area contributed by atoms with Crippen molar-refractivity contribution >= 4 is 17.9 Å². The molecule has 0 heterocycles. The molecule has 1 unspecified atom stereocenters. The monoisotopic (exact) mass is 287 g/mol. The van der Waals surface area contributed by atoms with Gasteiger partial charge in [0.15, 0.2) is 0 Å². The summed E-state index contributed by atoms with van der Waals surface area (Å²) in [5.74, 6) is -1.60. The Balaban J connectivity index is 3.94. The molecule has 1 atom stereocenters. The van der Waals surface area contributed by atoms with Crippen molar-refractivity contribution in [2.75, 3.05) is 19.6 Å². The molecule has 0 fully saturated rings. The van der Waals surface area contributed by atoms with Crippen molar-refractivity contribution in [2.45, 2.75) is 27.7 Å². The molecule has 0 rings (SSSR count). The fraction of sp³-hybridized carbons (Fsp3) is 0.769. The first-order valence-electron chi connectivity index (χ1n) is 6.75. The number of urea groups is 1. The van der Waals surface area contributed by atoms with Gasteiger partial charge in [0.05, 0.1) is 12.5 Å². The number of hydrogen-bond acceptors (Lipinski definition) is 3. The van der Waals surface area contributed by atoms with E-state index >= 15 is 0 Å². The Morgan fingerprint density at radius 3 is 2.00 bits per heavy atom. The summed E-state index contributed by atoms with van der Waals surface area (Å²) in [5.41, 5.74) is 0. The highest BCUT2D eigenvalue weighted by Crippen LogP contribution is 2.09. The maximum Gasteiger partial charge on any atom is 0.315 e. The summed E-state index contributed by atoms with van der Waals surface area (Å²) in [6.45, 7) is 7.95. The molecule has 7 nitrogen and oxygen atoms in total. The van der Waals surface area contributed by atoms with E-state index < -0.39 is 17.9 Å². The van der Waals surface area contributed by atoms with Gasteiger partial charge in [-0.2, -0.15) is 0 Å². The number of carbonyl (C=O) groups excluding carboxylic acids is 2. The second-order valence-electron chi connectivity index (χ2n) is 5.45. The lowest BCUT2D eigenvalue weighted by atomic mass is 9.96.